The Labute approximate surface area is 186 Å². The van der Waals surface area contributed by atoms with Gasteiger partial charge in [-0.15, -0.1) is 0 Å². The van der Waals surface area contributed by atoms with E-state index in [2.05, 4.69) is 5.43 Å². The highest BCUT2D eigenvalue weighted by molar-refractivity contribution is 6.32. The van der Waals surface area contributed by atoms with Crippen LogP contribution in [0.25, 0.3) is 0 Å². The average molecular weight is 461 g/mol. The van der Waals surface area contributed by atoms with E-state index in [-0.39, 0.29) is 16.3 Å². The van der Waals surface area contributed by atoms with E-state index in [1.807, 2.05) is 0 Å². The van der Waals surface area contributed by atoms with Gasteiger partial charge in [0.1, 0.15) is 23.1 Å². The van der Waals surface area contributed by atoms with Gasteiger partial charge in [0.2, 0.25) is 0 Å². The van der Waals surface area contributed by atoms with Crippen molar-refractivity contribution in [3.8, 4) is 5.75 Å². The largest absolute Gasteiger partial charge is 0.506 e. The summed E-state index contributed by atoms with van der Waals surface area (Å²) >= 11 is 5.89. The standard InChI is InChI=1S/C20H29ClN2O8/c1-19(2,3)30-17(27)22-23(18(28)31-20(4,5)6)14(16(26)29-7)15(25)11-8-9-13(24)12(21)10-11/h8-10,14-15,24-25H,1-7H3,(H,22,27)/t14-,15-/m1/s1. The molecular weight excluding hydrogens is 432 g/mol. The first-order valence-corrected chi connectivity index (χ1v) is 9.69. The number of methoxy groups -OCH3 is 1. The van der Waals surface area contributed by atoms with E-state index < -0.39 is 41.5 Å². The van der Waals surface area contributed by atoms with E-state index in [4.69, 9.17) is 25.8 Å². The first-order valence-electron chi connectivity index (χ1n) is 9.32. The van der Waals surface area contributed by atoms with Gasteiger partial charge in [0.15, 0.2) is 6.04 Å². The summed E-state index contributed by atoms with van der Waals surface area (Å²) in [5.74, 6) is -1.30. The second-order valence-corrected chi connectivity index (χ2v) is 8.99. The van der Waals surface area contributed by atoms with Crippen LogP contribution in [-0.2, 0) is 19.0 Å². The van der Waals surface area contributed by atoms with Crippen LogP contribution in [0.2, 0.25) is 5.02 Å². The lowest BCUT2D eigenvalue weighted by Gasteiger charge is -2.34. The van der Waals surface area contributed by atoms with Crippen LogP contribution in [0.1, 0.15) is 53.2 Å². The van der Waals surface area contributed by atoms with Crippen molar-refractivity contribution in [2.24, 2.45) is 0 Å². The molecule has 0 saturated heterocycles. The molecule has 1 aromatic carbocycles. The number of aliphatic hydroxyl groups is 1. The van der Waals surface area contributed by atoms with Gasteiger partial charge >= 0.3 is 18.2 Å². The maximum absolute atomic E-state index is 12.8. The smallest absolute Gasteiger partial charge is 0.430 e. The predicted octanol–water partition coefficient (Wildman–Crippen LogP) is 3.30. The maximum atomic E-state index is 12.8. The minimum atomic E-state index is -1.77. The van der Waals surface area contributed by atoms with Gasteiger partial charge in [-0.05, 0) is 59.2 Å². The van der Waals surface area contributed by atoms with Crippen molar-refractivity contribution in [2.75, 3.05) is 7.11 Å². The number of phenols is 1. The molecule has 10 nitrogen and oxygen atoms in total. The lowest BCUT2D eigenvalue weighted by Crippen LogP contribution is -2.58. The Morgan fingerprint density at radius 3 is 2.06 bits per heavy atom. The monoisotopic (exact) mass is 460 g/mol. The zero-order valence-electron chi connectivity index (χ0n) is 18.6. The number of hydrazine groups is 1. The van der Waals surface area contributed by atoms with E-state index in [1.165, 1.54) is 18.2 Å². The molecule has 0 saturated carbocycles. The number of nitrogens with one attached hydrogen (secondary N) is 1. The van der Waals surface area contributed by atoms with E-state index in [0.29, 0.717) is 5.01 Å². The third-order valence-corrected chi connectivity index (χ3v) is 3.84. The molecule has 0 bridgehead atoms. The van der Waals surface area contributed by atoms with Crippen molar-refractivity contribution >= 4 is 29.8 Å². The molecule has 2 atom stereocenters. The van der Waals surface area contributed by atoms with E-state index in [9.17, 15) is 24.6 Å². The molecule has 11 heteroatoms. The highest BCUT2D eigenvalue weighted by Gasteiger charge is 2.41. The molecule has 31 heavy (non-hydrogen) atoms. The van der Waals surface area contributed by atoms with Crippen LogP contribution in [0, 0.1) is 0 Å². The minimum Gasteiger partial charge on any atom is -0.506 e. The highest BCUT2D eigenvalue weighted by atomic mass is 35.5. The summed E-state index contributed by atoms with van der Waals surface area (Å²) in [4.78, 5) is 37.7. The van der Waals surface area contributed by atoms with Crippen molar-refractivity contribution in [1.82, 2.24) is 10.4 Å². The lowest BCUT2D eigenvalue weighted by atomic mass is 10.0. The summed E-state index contributed by atoms with van der Waals surface area (Å²) in [6.07, 6.45) is -3.92. The fourth-order valence-electron chi connectivity index (χ4n) is 2.32. The van der Waals surface area contributed by atoms with Gasteiger partial charge in [-0.3, -0.25) is 0 Å². The van der Waals surface area contributed by atoms with Crippen LogP contribution in [0.5, 0.6) is 5.75 Å². The number of nitrogens with zero attached hydrogens (tertiary/aromatic N) is 1. The van der Waals surface area contributed by atoms with Gasteiger partial charge < -0.3 is 24.4 Å². The molecular formula is C20H29ClN2O8. The second-order valence-electron chi connectivity index (χ2n) is 8.59. The Kier molecular flexibility index (Phi) is 8.54. The van der Waals surface area contributed by atoms with Crippen LogP contribution < -0.4 is 5.43 Å². The first-order chi connectivity index (χ1) is 14.1. The summed E-state index contributed by atoms with van der Waals surface area (Å²) in [6, 6.07) is 1.93. The molecule has 0 heterocycles. The molecule has 0 spiro atoms. The summed E-state index contributed by atoms with van der Waals surface area (Å²) in [5.41, 5.74) is 0.313. The van der Waals surface area contributed by atoms with Crippen molar-refractivity contribution in [3.05, 3.63) is 28.8 Å². The van der Waals surface area contributed by atoms with Crippen LogP contribution in [0.3, 0.4) is 0 Å². The van der Waals surface area contributed by atoms with Gasteiger partial charge in [0.05, 0.1) is 12.1 Å². The number of hydrogen-bond acceptors (Lipinski definition) is 8. The number of esters is 1. The van der Waals surface area contributed by atoms with Crippen LogP contribution in [0.4, 0.5) is 9.59 Å². The molecule has 0 aliphatic heterocycles. The third-order valence-electron chi connectivity index (χ3n) is 3.53. The Hall–Kier alpha value is -2.72. The Morgan fingerprint density at radius 2 is 1.61 bits per heavy atom. The van der Waals surface area contributed by atoms with E-state index in [0.717, 1.165) is 7.11 Å². The number of carbonyl (C=O) groups excluding carboxylic acids is 3. The number of aliphatic hydroxyl groups excluding tert-OH is 1. The molecule has 3 N–H and O–H groups in total. The van der Waals surface area contributed by atoms with Gasteiger partial charge in [-0.25, -0.2) is 19.8 Å². The van der Waals surface area contributed by atoms with E-state index in [1.54, 1.807) is 41.5 Å². The maximum Gasteiger partial charge on any atom is 0.430 e. The molecule has 0 aromatic heterocycles. The molecule has 1 aromatic rings. The Bertz CT molecular complexity index is 816. The van der Waals surface area contributed by atoms with Gasteiger partial charge in [0.25, 0.3) is 0 Å². The van der Waals surface area contributed by atoms with Crippen molar-refractivity contribution in [2.45, 2.75) is 64.9 Å². The summed E-state index contributed by atoms with van der Waals surface area (Å²) in [5, 5.41) is 20.9. The number of halogens is 1. The molecule has 2 amide bonds. The van der Waals surface area contributed by atoms with E-state index >= 15 is 0 Å². The van der Waals surface area contributed by atoms with Crippen molar-refractivity contribution < 1.29 is 38.8 Å². The fourth-order valence-corrected chi connectivity index (χ4v) is 2.51. The number of phenolic OH excluding ortho intramolecular Hbond substituents is 1. The second kappa shape index (κ2) is 10.1. The number of amides is 2. The lowest BCUT2D eigenvalue weighted by molar-refractivity contribution is -0.153. The molecule has 0 fully saturated rings. The quantitative estimate of drug-likeness (QED) is 0.354. The fraction of sp³-hybridized carbons (Fsp3) is 0.550. The number of aromatic hydroxyl groups is 1. The van der Waals surface area contributed by atoms with Gasteiger partial charge in [-0.2, -0.15) is 5.01 Å². The highest BCUT2D eigenvalue weighted by Crippen LogP contribution is 2.30. The zero-order chi connectivity index (χ0) is 24.1. The molecule has 0 aliphatic rings. The first kappa shape index (κ1) is 26.3. The number of hydrogen-bond donors (Lipinski definition) is 3. The van der Waals surface area contributed by atoms with Crippen LogP contribution in [0.15, 0.2) is 18.2 Å². The zero-order valence-corrected chi connectivity index (χ0v) is 19.3. The van der Waals surface area contributed by atoms with Crippen molar-refractivity contribution in [1.29, 1.82) is 0 Å². The van der Waals surface area contributed by atoms with Gasteiger partial charge in [-0.1, -0.05) is 17.7 Å². The minimum absolute atomic E-state index is 0.0674. The SMILES string of the molecule is COC(=O)[C@@H]([C@H](O)c1ccc(O)c(Cl)c1)N(NC(=O)OC(C)(C)C)C(=O)OC(C)(C)C. The van der Waals surface area contributed by atoms with Crippen LogP contribution >= 0.6 is 11.6 Å². The van der Waals surface area contributed by atoms with Gasteiger partial charge in [0, 0.05) is 0 Å². The normalized spacial score (nSPS) is 13.6. The molecule has 0 unspecified atom stereocenters. The summed E-state index contributed by atoms with van der Waals surface area (Å²) < 4.78 is 15.1. The van der Waals surface area contributed by atoms with Crippen molar-refractivity contribution in [3.63, 3.8) is 0 Å². The number of carbonyl (C=O) groups is 3. The number of benzene rings is 1. The van der Waals surface area contributed by atoms with Crippen LogP contribution in [-0.4, -0.2) is 57.7 Å². The number of ether oxygens (including phenoxy) is 3. The molecule has 0 aliphatic carbocycles. The third kappa shape index (κ3) is 8.14. The topological polar surface area (TPSA) is 135 Å². The molecule has 174 valence electrons. The predicted molar refractivity (Wildman–Crippen MR) is 111 cm³/mol. The number of rotatable bonds is 4. The molecule has 1 rings (SSSR count). The molecule has 0 radical (unpaired) electrons. The Morgan fingerprint density at radius 1 is 1.06 bits per heavy atom. The summed E-state index contributed by atoms with van der Waals surface area (Å²) in [7, 11) is 1.05. The average Bonchev–Trinajstić information content (AvgIpc) is 2.59. The summed E-state index contributed by atoms with van der Waals surface area (Å²) in [6.45, 7) is 9.57. The Balaban J connectivity index is 3.42.